The first kappa shape index (κ1) is 18.7. The molecular weight excluding hydrogens is 373 g/mol. The highest BCUT2D eigenvalue weighted by atomic mass is 19.1. The third kappa shape index (κ3) is 3.99. The van der Waals surface area contributed by atoms with Gasteiger partial charge in [0.15, 0.2) is 5.76 Å². The topological polar surface area (TPSA) is 65.8 Å². The number of furan rings is 1. The lowest BCUT2D eigenvalue weighted by molar-refractivity contribution is 0.0714. The number of piperazine rings is 1. The average molecular weight is 393 g/mol. The van der Waals surface area contributed by atoms with Crippen LogP contribution >= 0.6 is 0 Å². The highest BCUT2D eigenvalue weighted by Gasteiger charge is 2.25. The molecule has 6 nitrogen and oxygen atoms in total. The van der Waals surface area contributed by atoms with Gasteiger partial charge >= 0.3 is 0 Å². The van der Waals surface area contributed by atoms with E-state index >= 15 is 0 Å². The summed E-state index contributed by atoms with van der Waals surface area (Å²) in [6, 6.07) is 16.6. The second-order valence-electron chi connectivity index (χ2n) is 6.71. The lowest BCUT2D eigenvalue weighted by atomic mass is 10.1. The van der Waals surface area contributed by atoms with Crippen molar-refractivity contribution >= 4 is 23.2 Å². The summed E-state index contributed by atoms with van der Waals surface area (Å²) in [5.74, 6) is -0.860. The van der Waals surface area contributed by atoms with Crippen molar-refractivity contribution in [2.24, 2.45) is 0 Å². The maximum Gasteiger partial charge on any atom is 0.289 e. The van der Waals surface area contributed by atoms with Gasteiger partial charge in [0.25, 0.3) is 11.8 Å². The SMILES string of the molecule is O=C(Nc1ccccc1N1CCN(C(=O)c2ccco2)CC1)c1ccccc1F. The van der Waals surface area contributed by atoms with E-state index in [4.69, 9.17) is 4.42 Å². The molecule has 0 saturated carbocycles. The second-order valence-corrected chi connectivity index (χ2v) is 6.71. The van der Waals surface area contributed by atoms with E-state index in [0.717, 1.165) is 5.69 Å². The molecule has 4 rings (SSSR count). The van der Waals surface area contributed by atoms with Gasteiger partial charge in [-0.15, -0.1) is 0 Å². The summed E-state index contributed by atoms with van der Waals surface area (Å²) in [7, 11) is 0. The molecule has 29 heavy (non-hydrogen) atoms. The van der Waals surface area contributed by atoms with E-state index in [1.807, 2.05) is 18.2 Å². The van der Waals surface area contributed by atoms with Gasteiger partial charge in [0.2, 0.25) is 0 Å². The summed E-state index contributed by atoms with van der Waals surface area (Å²) in [5, 5.41) is 2.81. The van der Waals surface area contributed by atoms with Crippen LogP contribution in [0.5, 0.6) is 0 Å². The Morgan fingerprint density at radius 2 is 1.62 bits per heavy atom. The molecule has 1 N–H and O–H groups in total. The number of hydrogen-bond acceptors (Lipinski definition) is 4. The molecule has 1 fully saturated rings. The minimum absolute atomic E-state index is 0.00355. The Balaban J connectivity index is 1.46. The fraction of sp³-hybridized carbons (Fsp3) is 0.182. The second kappa shape index (κ2) is 8.18. The molecule has 148 valence electrons. The van der Waals surface area contributed by atoms with Crippen molar-refractivity contribution in [1.29, 1.82) is 0 Å². The average Bonchev–Trinajstić information content (AvgIpc) is 3.29. The van der Waals surface area contributed by atoms with E-state index < -0.39 is 11.7 Å². The molecule has 7 heteroatoms. The van der Waals surface area contributed by atoms with Gasteiger partial charge in [0, 0.05) is 26.2 Å². The van der Waals surface area contributed by atoms with E-state index in [1.165, 1.54) is 18.4 Å². The van der Waals surface area contributed by atoms with Crippen LogP contribution in [0.4, 0.5) is 15.8 Å². The quantitative estimate of drug-likeness (QED) is 0.735. The number of nitrogens with zero attached hydrogens (tertiary/aromatic N) is 2. The lowest BCUT2D eigenvalue weighted by Crippen LogP contribution is -2.48. The number of rotatable bonds is 4. The Morgan fingerprint density at radius 1 is 0.897 bits per heavy atom. The lowest BCUT2D eigenvalue weighted by Gasteiger charge is -2.36. The normalized spacial score (nSPS) is 14.0. The molecule has 2 aromatic carbocycles. The van der Waals surface area contributed by atoms with Gasteiger partial charge in [0.05, 0.1) is 23.2 Å². The first-order chi connectivity index (χ1) is 14.1. The Hall–Kier alpha value is -3.61. The van der Waals surface area contributed by atoms with Crippen LogP contribution in [0, 0.1) is 5.82 Å². The van der Waals surface area contributed by atoms with Crippen molar-refractivity contribution in [3.05, 3.63) is 84.1 Å². The monoisotopic (exact) mass is 393 g/mol. The van der Waals surface area contributed by atoms with Crippen molar-refractivity contribution in [3.63, 3.8) is 0 Å². The highest BCUT2D eigenvalue weighted by molar-refractivity contribution is 6.06. The van der Waals surface area contributed by atoms with Gasteiger partial charge in [-0.05, 0) is 36.4 Å². The minimum atomic E-state index is -0.562. The third-order valence-corrected chi connectivity index (χ3v) is 4.91. The maximum atomic E-state index is 13.9. The summed E-state index contributed by atoms with van der Waals surface area (Å²) in [5.41, 5.74) is 1.44. The van der Waals surface area contributed by atoms with Crippen LogP contribution in [-0.4, -0.2) is 42.9 Å². The van der Waals surface area contributed by atoms with Crippen LogP contribution in [-0.2, 0) is 0 Å². The fourth-order valence-corrected chi connectivity index (χ4v) is 3.40. The zero-order chi connectivity index (χ0) is 20.2. The predicted octanol–water partition coefficient (Wildman–Crippen LogP) is 3.63. The Morgan fingerprint density at radius 3 is 2.34 bits per heavy atom. The molecule has 1 aliphatic heterocycles. The summed E-state index contributed by atoms with van der Waals surface area (Å²) in [6.45, 7) is 2.29. The Bertz CT molecular complexity index is 1010. The number of hydrogen-bond donors (Lipinski definition) is 1. The van der Waals surface area contributed by atoms with E-state index in [9.17, 15) is 14.0 Å². The smallest absolute Gasteiger partial charge is 0.289 e. The molecule has 0 bridgehead atoms. The third-order valence-electron chi connectivity index (χ3n) is 4.91. The largest absolute Gasteiger partial charge is 0.459 e. The van der Waals surface area contributed by atoms with E-state index in [-0.39, 0.29) is 11.5 Å². The Labute approximate surface area is 167 Å². The van der Waals surface area contributed by atoms with Gasteiger partial charge in [-0.3, -0.25) is 9.59 Å². The van der Waals surface area contributed by atoms with Gasteiger partial charge in [-0.2, -0.15) is 0 Å². The molecule has 0 radical (unpaired) electrons. The molecule has 0 spiro atoms. The van der Waals surface area contributed by atoms with Gasteiger partial charge in [-0.25, -0.2) is 4.39 Å². The van der Waals surface area contributed by atoms with Crippen molar-refractivity contribution in [1.82, 2.24) is 4.90 Å². The first-order valence-corrected chi connectivity index (χ1v) is 9.36. The van der Waals surface area contributed by atoms with Crippen LogP contribution in [0.15, 0.2) is 71.3 Å². The molecule has 2 heterocycles. The molecule has 3 aromatic rings. The Kier molecular flexibility index (Phi) is 5.29. The molecule has 2 amide bonds. The molecular formula is C22H20FN3O3. The number of anilines is 2. The number of nitrogens with one attached hydrogen (secondary N) is 1. The number of benzene rings is 2. The summed E-state index contributed by atoms with van der Waals surface area (Å²) in [4.78, 5) is 28.8. The molecule has 1 aliphatic rings. The number of halogens is 1. The minimum Gasteiger partial charge on any atom is -0.459 e. The molecule has 0 unspecified atom stereocenters. The van der Waals surface area contributed by atoms with Crippen LogP contribution < -0.4 is 10.2 Å². The van der Waals surface area contributed by atoms with Crippen molar-refractivity contribution < 1.29 is 18.4 Å². The highest BCUT2D eigenvalue weighted by Crippen LogP contribution is 2.27. The summed E-state index contributed by atoms with van der Waals surface area (Å²) < 4.78 is 19.1. The number of amides is 2. The fourth-order valence-electron chi connectivity index (χ4n) is 3.40. The van der Waals surface area contributed by atoms with E-state index in [0.29, 0.717) is 37.6 Å². The van der Waals surface area contributed by atoms with Crippen LogP contribution in [0.1, 0.15) is 20.9 Å². The standard InChI is InChI=1S/C22H20FN3O3/c23-17-7-2-1-6-16(17)21(27)24-18-8-3-4-9-19(18)25-11-13-26(14-12-25)22(28)20-10-5-15-29-20/h1-10,15H,11-14H2,(H,24,27). The summed E-state index contributed by atoms with van der Waals surface area (Å²) in [6.07, 6.45) is 1.48. The van der Waals surface area contributed by atoms with Crippen molar-refractivity contribution in [3.8, 4) is 0 Å². The van der Waals surface area contributed by atoms with Crippen molar-refractivity contribution in [2.75, 3.05) is 36.4 Å². The number of carbonyl (C=O) groups excluding carboxylic acids is 2. The number of carbonyl (C=O) groups is 2. The zero-order valence-corrected chi connectivity index (χ0v) is 15.7. The maximum absolute atomic E-state index is 13.9. The molecule has 0 aliphatic carbocycles. The van der Waals surface area contributed by atoms with Crippen LogP contribution in [0.2, 0.25) is 0 Å². The zero-order valence-electron chi connectivity index (χ0n) is 15.7. The summed E-state index contributed by atoms with van der Waals surface area (Å²) >= 11 is 0. The van der Waals surface area contributed by atoms with Gasteiger partial charge in [-0.1, -0.05) is 24.3 Å². The molecule has 1 aromatic heterocycles. The molecule has 1 saturated heterocycles. The number of para-hydroxylation sites is 2. The van der Waals surface area contributed by atoms with Gasteiger partial charge in [0.1, 0.15) is 5.82 Å². The van der Waals surface area contributed by atoms with E-state index in [1.54, 1.807) is 35.2 Å². The molecule has 0 atom stereocenters. The van der Waals surface area contributed by atoms with Crippen LogP contribution in [0.3, 0.4) is 0 Å². The van der Waals surface area contributed by atoms with E-state index in [2.05, 4.69) is 10.2 Å². The van der Waals surface area contributed by atoms with Crippen LogP contribution in [0.25, 0.3) is 0 Å². The van der Waals surface area contributed by atoms with Gasteiger partial charge < -0.3 is 19.5 Å². The predicted molar refractivity (Wildman–Crippen MR) is 108 cm³/mol. The first-order valence-electron chi connectivity index (χ1n) is 9.36. The van der Waals surface area contributed by atoms with Crippen molar-refractivity contribution in [2.45, 2.75) is 0 Å².